The molecule has 1 unspecified atom stereocenters. The second-order valence-electron chi connectivity index (χ2n) is 4.32. The quantitative estimate of drug-likeness (QED) is 0.883. The first-order chi connectivity index (χ1) is 8.38. The second kappa shape index (κ2) is 4.51. The number of carbonyl (C=O) groups is 1. The number of likely N-dealkylation sites (tertiary alicyclic amines) is 1. The Balaban J connectivity index is 2.13. The van der Waals surface area contributed by atoms with Gasteiger partial charge in [-0.25, -0.2) is 0 Å². The summed E-state index contributed by atoms with van der Waals surface area (Å²) >= 11 is 0. The molecule has 1 aromatic rings. The molecule has 0 radical (unpaired) electrons. The topological polar surface area (TPSA) is 32.3 Å². The number of amides is 1. The van der Waals surface area contributed by atoms with Crippen LogP contribution in [0, 0.1) is 0 Å². The predicted molar refractivity (Wildman–Crippen MR) is 61.1 cm³/mol. The summed E-state index contributed by atoms with van der Waals surface area (Å²) in [6.45, 7) is 0.620. The van der Waals surface area contributed by atoms with Crippen LogP contribution in [0.25, 0.3) is 0 Å². The molecule has 98 valence electrons. The van der Waals surface area contributed by atoms with Gasteiger partial charge in [-0.05, 0) is 24.6 Å². The maximum atomic E-state index is 12.5. The SMILES string of the molecule is CN1CCC(Nc2cccc(C(F)(F)F)c2)C1=O. The van der Waals surface area contributed by atoms with Crippen molar-refractivity contribution in [2.24, 2.45) is 0 Å². The predicted octanol–water partition coefficient (Wildman–Crippen LogP) is 2.35. The van der Waals surface area contributed by atoms with E-state index in [1.807, 2.05) is 0 Å². The van der Waals surface area contributed by atoms with E-state index in [4.69, 9.17) is 0 Å². The number of nitrogens with zero attached hydrogens (tertiary/aromatic N) is 1. The lowest BCUT2D eigenvalue weighted by Crippen LogP contribution is -2.31. The van der Waals surface area contributed by atoms with Gasteiger partial charge in [0.25, 0.3) is 0 Å². The van der Waals surface area contributed by atoms with E-state index >= 15 is 0 Å². The van der Waals surface area contributed by atoms with Crippen molar-refractivity contribution in [3.63, 3.8) is 0 Å². The van der Waals surface area contributed by atoms with Gasteiger partial charge in [0.05, 0.1) is 5.56 Å². The van der Waals surface area contributed by atoms with Crippen molar-refractivity contribution >= 4 is 11.6 Å². The number of halogens is 3. The molecule has 2 rings (SSSR count). The third kappa shape index (κ3) is 2.57. The molecular formula is C12H13F3N2O. The van der Waals surface area contributed by atoms with Crippen molar-refractivity contribution in [1.29, 1.82) is 0 Å². The average Bonchev–Trinajstić information content (AvgIpc) is 2.60. The van der Waals surface area contributed by atoms with Gasteiger partial charge in [0.15, 0.2) is 0 Å². The van der Waals surface area contributed by atoms with E-state index in [-0.39, 0.29) is 5.91 Å². The number of nitrogens with one attached hydrogen (secondary N) is 1. The second-order valence-corrected chi connectivity index (χ2v) is 4.32. The number of hydrogen-bond acceptors (Lipinski definition) is 2. The minimum atomic E-state index is -4.37. The number of hydrogen-bond donors (Lipinski definition) is 1. The Morgan fingerprint density at radius 2 is 2.11 bits per heavy atom. The first-order valence-corrected chi connectivity index (χ1v) is 5.57. The summed E-state index contributed by atoms with van der Waals surface area (Å²) in [5.74, 6) is -0.0904. The van der Waals surface area contributed by atoms with Crippen LogP contribution >= 0.6 is 0 Å². The molecule has 18 heavy (non-hydrogen) atoms. The van der Waals surface area contributed by atoms with Crippen LogP contribution < -0.4 is 5.32 Å². The molecule has 1 saturated heterocycles. The molecule has 1 amide bonds. The van der Waals surface area contributed by atoms with Crippen molar-refractivity contribution in [3.05, 3.63) is 29.8 Å². The molecule has 1 N–H and O–H groups in total. The molecule has 1 aromatic carbocycles. The third-order valence-corrected chi connectivity index (χ3v) is 2.96. The van der Waals surface area contributed by atoms with E-state index in [0.717, 1.165) is 12.1 Å². The highest BCUT2D eigenvalue weighted by Crippen LogP contribution is 2.31. The van der Waals surface area contributed by atoms with E-state index in [1.165, 1.54) is 12.1 Å². The molecule has 1 fully saturated rings. The Labute approximate surface area is 103 Å². The van der Waals surface area contributed by atoms with E-state index in [1.54, 1.807) is 11.9 Å². The zero-order valence-electron chi connectivity index (χ0n) is 9.79. The molecule has 1 aliphatic heterocycles. The number of benzene rings is 1. The Morgan fingerprint density at radius 1 is 1.39 bits per heavy atom. The molecule has 0 saturated carbocycles. The summed E-state index contributed by atoms with van der Waals surface area (Å²) in [7, 11) is 1.68. The zero-order chi connectivity index (χ0) is 13.3. The summed E-state index contributed by atoms with van der Waals surface area (Å²) in [6.07, 6.45) is -3.76. The normalized spacial score (nSPS) is 20.3. The van der Waals surface area contributed by atoms with Crippen molar-refractivity contribution in [1.82, 2.24) is 4.90 Å². The van der Waals surface area contributed by atoms with Crippen LogP contribution in [0.3, 0.4) is 0 Å². The van der Waals surface area contributed by atoms with Gasteiger partial charge in [0.2, 0.25) is 5.91 Å². The average molecular weight is 258 g/mol. The van der Waals surface area contributed by atoms with Gasteiger partial charge in [-0.2, -0.15) is 13.2 Å². The maximum Gasteiger partial charge on any atom is 0.416 e. The Morgan fingerprint density at radius 3 is 2.67 bits per heavy atom. The highest BCUT2D eigenvalue weighted by Gasteiger charge is 2.32. The fraction of sp³-hybridized carbons (Fsp3) is 0.417. The van der Waals surface area contributed by atoms with Crippen LogP contribution in [0.15, 0.2) is 24.3 Å². The number of likely N-dealkylation sites (N-methyl/N-ethyl adjacent to an activating group) is 1. The molecule has 1 aliphatic rings. The number of anilines is 1. The monoisotopic (exact) mass is 258 g/mol. The Hall–Kier alpha value is -1.72. The summed E-state index contributed by atoms with van der Waals surface area (Å²) < 4.78 is 37.6. The largest absolute Gasteiger partial charge is 0.416 e. The number of carbonyl (C=O) groups excluding carboxylic acids is 1. The van der Waals surface area contributed by atoms with Crippen LogP contribution in [-0.4, -0.2) is 30.4 Å². The Bertz CT molecular complexity index is 459. The van der Waals surface area contributed by atoms with Crippen molar-refractivity contribution in [2.75, 3.05) is 18.9 Å². The minimum Gasteiger partial charge on any atom is -0.374 e. The summed E-state index contributed by atoms with van der Waals surface area (Å²) in [6, 6.07) is 4.45. The molecule has 0 aliphatic carbocycles. The van der Waals surface area contributed by atoms with Gasteiger partial charge < -0.3 is 10.2 Å². The lowest BCUT2D eigenvalue weighted by molar-refractivity contribution is -0.137. The zero-order valence-corrected chi connectivity index (χ0v) is 9.79. The molecular weight excluding hydrogens is 245 g/mol. The first-order valence-electron chi connectivity index (χ1n) is 5.57. The third-order valence-electron chi connectivity index (χ3n) is 2.96. The molecule has 1 atom stereocenters. The lowest BCUT2D eigenvalue weighted by atomic mass is 10.1. The molecule has 0 bridgehead atoms. The molecule has 1 heterocycles. The van der Waals surface area contributed by atoms with Gasteiger partial charge in [0.1, 0.15) is 6.04 Å². The van der Waals surface area contributed by atoms with Gasteiger partial charge in [-0.1, -0.05) is 6.07 Å². The Kier molecular flexibility index (Phi) is 3.19. The molecule has 0 spiro atoms. The smallest absolute Gasteiger partial charge is 0.374 e. The number of alkyl halides is 3. The van der Waals surface area contributed by atoms with Crippen LogP contribution in [0.4, 0.5) is 18.9 Å². The summed E-state index contributed by atoms with van der Waals surface area (Å²) in [5, 5.41) is 2.84. The molecule has 3 nitrogen and oxygen atoms in total. The number of rotatable bonds is 2. The van der Waals surface area contributed by atoms with Crippen molar-refractivity contribution < 1.29 is 18.0 Å². The highest BCUT2D eigenvalue weighted by atomic mass is 19.4. The van der Waals surface area contributed by atoms with Crippen LogP contribution in [0.1, 0.15) is 12.0 Å². The van der Waals surface area contributed by atoms with E-state index in [0.29, 0.717) is 18.7 Å². The van der Waals surface area contributed by atoms with E-state index < -0.39 is 17.8 Å². The van der Waals surface area contributed by atoms with E-state index in [9.17, 15) is 18.0 Å². The first kappa shape index (κ1) is 12.7. The van der Waals surface area contributed by atoms with Crippen LogP contribution in [0.5, 0.6) is 0 Å². The van der Waals surface area contributed by atoms with Crippen LogP contribution in [0.2, 0.25) is 0 Å². The maximum absolute atomic E-state index is 12.5. The van der Waals surface area contributed by atoms with Gasteiger partial charge in [-0.3, -0.25) is 4.79 Å². The van der Waals surface area contributed by atoms with Crippen LogP contribution in [-0.2, 0) is 11.0 Å². The fourth-order valence-electron chi connectivity index (χ4n) is 1.94. The lowest BCUT2D eigenvalue weighted by Gasteiger charge is -2.15. The van der Waals surface area contributed by atoms with Gasteiger partial charge >= 0.3 is 6.18 Å². The minimum absolute atomic E-state index is 0.0904. The van der Waals surface area contributed by atoms with Gasteiger partial charge in [-0.15, -0.1) is 0 Å². The summed E-state index contributed by atoms with van der Waals surface area (Å²) in [5.41, 5.74) is -0.398. The highest BCUT2D eigenvalue weighted by molar-refractivity contribution is 5.86. The standard InChI is InChI=1S/C12H13F3N2O/c1-17-6-5-10(11(17)18)16-9-4-2-3-8(7-9)12(13,14)15/h2-4,7,10,16H,5-6H2,1H3. The molecule has 0 aromatic heterocycles. The van der Waals surface area contributed by atoms with Crippen molar-refractivity contribution in [3.8, 4) is 0 Å². The fourth-order valence-corrected chi connectivity index (χ4v) is 1.94. The van der Waals surface area contributed by atoms with Gasteiger partial charge in [0, 0.05) is 19.3 Å². The van der Waals surface area contributed by atoms with E-state index in [2.05, 4.69) is 5.32 Å². The molecule has 6 heteroatoms. The van der Waals surface area contributed by atoms with Crippen molar-refractivity contribution in [2.45, 2.75) is 18.6 Å². The summed E-state index contributed by atoms with van der Waals surface area (Å²) in [4.78, 5) is 13.2.